The van der Waals surface area contributed by atoms with E-state index in [-0.39, 0.29) is 18.1 Å². The number of carbonyl (C=O) groups is 1. The average Bonchev–Trinajstić information content (AvgIpc) is 3.15. The Hall–Kier alpha value is -2.58. The molecule has 0 bridgehead atoms. The molecule has 8 heteroatoms. The molecule has 158 valence electrons. The molecule has 0 fully saturated rings. The van der Waals surface area contributed by atoms with Gasteiger partial charge in [0.1, 0.15) is 16.6 Å². The van der Waals surface area contributed by atoms with Crippen molar-refractivity contribution in [2.75, 3.05) is 5.75 Å². The van der Waals surface area contributed by atoms with Gasteiger partial charge in [0.15, 0.2) is 9.84 Å². The van der Waals surface area contributed by atoms with Gasteiger partial charge in [-0.1, -0.05) is 50.2 Å². The standard InChI is InChI=1S/C22H23FN2O3S2/c1-15(2)17-5-7-18(8-6-17)22-25-20(12-29-22)13-30(27,28)14-21(26)24-11-16-3-9-19(23)10-4-16/h3-10,12,15H,11,13-14H2,1-2H3,(H,24,26). The highest BCUT2D eigenvalue weighted by Crippen LogP contribution is 2.26. The number of benzene rings is 2. The molecular formula is C22H23FN2O3S2. The van der Waals surface area contributed by atoms with E-state index < -0.39 is 21.5 Å². The Morgan fingerprint density at radius 2 is 1.77 bits per heavy atom. The lowest BCUT2D eigenvalue weighted by Gasteiger charge is -2.06. The maximum atomic E-state index is 12.9. The third-order valence-electron chi connectivity index (χ3n) is 4.50. The minimum atomic E-state index is -3.66. The number of amides is 1. The summed E-state index contributed by atoms with van der Waals surface area (Å²) in [5.74, 6) is -1.45. The molecule has 30 heavy (non-hydrogen) atoms. The fourth-order valence-electron chi connectivity index (χ4n) is 2.85. The van der Waals surface area contributed by atoms with E-state index in [1.165, 1.54) is 41.2 Å². The lowest BCUT2D eigenvalue weighted by molar-refractivity contribution is -0.118. The summed E-state index contributed by atoms with van der Waals surface area (Å²) in [5.41, 5.74) is 3.28. The van der Waals surface area contributed by atoms with Crippen molar-refractivity contribution in [3.8, 4) is 10.6 Å². The van der Waals surface area contributed by atoms with Crippen LogP contribution < -0.4 is 5.32 Å². The highest BCUT2D eigenvalue weighted by Gasteiger charge is 2.19. The van der Waals surface area contributed by atoms with Gasteiger partial charge in [0.05, 0.1) is 11.4 Å². The van der Waals surface area contributed by atoms with Crippen molar-refractivity contribution in [2.24, 2.45) is 0 Å². The largest absolute Gasteiger partial charge is 0.351 e. The molecule has 1 N–H and O–H groups in total. The van der Waals surface area contributed by atoms with Crippen LogP contribution in [0.25, 0.3) is 10.6 Å². The summed E-state index contributed by atoms with van der Waals surface area (Å²) < 4.78 is 37.7. The van der Waals surface area contributed by atoms with Gasteiger partial charge in [-0.2, -0.15) is 0 Å². The van der Waals surface area contributed by atoms with Crippen LogP contribution >= 0.6 is 11.3 Å². The summed E-state index contributed by atoms with van der Waals surface area (Å²) in [4.78, 5) is 16.4. The van der Waals surface area contributed by atoms with E-state index in [2.05, 4.69) is 24.1 Å². The number of hydrogen-bond donors (Lipinski definition) is 1. The Morgan fingerprint density at radius 3 is 2.40 bits per heavy atom. The summed E-state index contributed by atoms with van der Waals surface area (Å²) in [6.45, 7) is 4.39. The zero-order valence-electron chi connectivity index (χ0n) is 16.8. The Kier molecular flexibility index (Phi) is 6.99. The van der Waals surface area contributed by atoms with Crippen LogP contribution in [0.3, 0.4) is 0 Å². The van der Waals surface area contributed by atoms with Gasteiger partial charge in [0.25, 0.3) is 0 Å². The Labute approximate surface area is 179 Å². The molecule has 3 aromatic rings. The molecule has 0 radical (unpaired) electrons. The van der Waals surface area contributed by atoms with E-state index in [0.717, 1.165) is 10.6 Å². The van der Waals surface area contributed by atoms with Gasteiger partial charge in [-0.3, -0.25) is 4.79 Å². The Bertz CT molecular complexity index is 1110. The summed E-state index contributed by atoms with van der Waals surface area (Å²) in [7, 11) is -3.66. The van der Waals surface area contributed by atoms with E-state index >= 15 is 0 Å². The van der Waals surface area contributed by atoms with Crippen molar-refractivity contribution in [1.82, 2.24) is 10.3 Å². The SMILES string of the molecule is CC(C)c1ccc(-c2nc(CS(=O)(=O)CC(=O)NCc3ccc(F)cc3)cs2)cc1. The second-order valence-electron chi connectivity index (χ2n) is 7.36. The molecule has 0 saturated heterocycles. The highest BCUT2D eigenvalue weighted by atomic mass is 32.2. The fourth-order valence-corrected chi connectivity index (χ4v) is 4.98. The molecule has 3 rings (SSSR count). The highest BCUT2D eigenvalue weighted by molar-refractivity contribution is 7.91. The summed E-state index contributed by atoms with van der Waals surface area (Å²) in [6.07, 6.45) is 0. The van der Waals surface area contributed by atoms with Crippen LogP contribution in [0.1, 0.15) is 36.6 Å². The van der Waals surface area contributed by atoms with Gasteiger partial charge in [-0.25, -0.2) is 17.8 Å². The fraction of sp³-hybridized carbons (Fsp3) is 0.273. The van der Waals surface area contributed by atoms with Crippen molar-refractivity contribution in [2.45, 2.75) is 32.1 Å². The van der Waals surface area contributed by atoms with Crippen molar-refractivity contribution < 1.29 is 17.6 Å². The Balaban J connectivity index is 1.57. The van der Waals surface area contributed by atoms with Crippen LogP contribution in [-0.2, 0) is 26.9 Å². The van der Waals surface area contributed by atoms with Gasteiger partial charge in [-0.05, 0) is 29.2 Å². The first-order chi connectivity index (χ1) is 14.2. The maximum Gasteiger partial charge on any atom is 0.235 e. The van der Waals surface area contributed by atoms with Crippen LogP contribution in [0.15, 0.2) is 53.9 Å². The minimum absolute atomic E-state index is 0.141. The van der Waals surface area contributed by atoms with Crippen LogP contribution in [-0.4, -0.2) is 25.1 Å². The quantitative estimate of drug-likeness (QED) is 0.560. The van der Waals surface area contributed by atoms with Crippen LogP contribution in [0.5, 0.6) is 0 Å². The number of carbonyl (C=O) groups excluding carboxylic acids is 1. The minimum Gasteiger partial charge on any atom is -0.351 e. The molecule has 1 amide bonds. The van der Waals surface area contributed by atoms with Gasteiger partial charge < -0.3 is 5.32 Å². The molecule has 0 saturated carbocycles. The molecule has 0 aliphatic heterocycles. The molecule has 1 aromatic heterocycles. The Morgan fingerprint density at radius 1 is 1.10 bits per heavy atom. The second kappa shape index (κ2) is 9.49. The predicted molar refractivity (Wildman–Crippen MR) is 117 cm³/mol. The van der Waals surface area contributed by atoms with Gasteiger partial charge >= 0.3 is 0 Å². The summed E-state index contributed by atoms with van der Waals surface area (Å²) in [6, 6.07) is 13.7. The van der Waals surface area contributed by atoms with Crippen molar-refractivity contribution in [1.29, 1.82) is 0 Å². The van der Waals surface area contributed by atoms with E-state index in [9.17, 15) is 17.6 Å². The van der Waals surface area contributed by atoms with Crippen LogP contribution in [0, 0.1) is 5.82 Å². The van der Waals surface area contributed by atoms with Crippen molar-refractivity contribution >= 4 is 27.1 Å². The number of halogens is 1. The first-order valence-electron chi connectivity index (χ1n) is 9.48. The smallest absolute Gasteiger partial charge is 0.235 e. The topological polar surface area (TPSA) is 76.1 Å². The number of sulfone groups is 1. The number of thiazole rings is 1. The first kappa shape index (κ1) is 22.1. The molecule has 5 nitrogen and oxygen atoms in total. The third kappa shape index (κ3) is 6.21. The normalized spacial score (nSPS) is 11.6. The molecular weight excluding hydrogens is 423 g/mol. The molecule has 0 atom stereocenters. The van der Waals surface area contributed by atoms with Crippen molar-refractivity contribution in [3.05, 3.63) is 76.5 Å². The summed E-state index contributed by atoms with van der Waals surface area (Å²) in [5, 5.41) is 5.00. The molecule has 0 unspecified atom stereocenters. The number of nitrogens with one attached hydrogen (secondary N) is 1. The third-order valence-corrected chi connectivity index (χ3v) is 6.88. The van der Waals surface area contributed by atoms with Crippen LogP contribution in [0.4, 0.5) is 4.39 Å². The average molecular weight is 447 g/mol. The van der Waals surface area contributed by atoms with Crippen molar-refractivity contribution in [3.63, 3.8) is 0 Å². The van der Waals surface area contributed by atoms with Crippen LogP contribution in [0.2, 0.25) is 0 Å². The van der Waals surface area contributed by atoms with E-state index in [1.54, 1.807) is 5.38 Å². The molecule has 1 heterocycles. The maximum absolute atomic E-state index is 12.9. The summed E-state index contributed by atoms with van der Waals surface area (Å²) >= 11 is 1.38. The first-order valence-corrected chi connectivity index (χ1v) is 12.2. The number of hydrogen-bond acceptors (Lipinski definition) is 5. The number of nitrogens with zero attached hydrogens (tertiary/aromatic N) is 1. The molecule has 0 aliphatic carbocycles. The monoisotopic (exact) mass is 446 g/mol. The van der Waals surface area contributed by atoms with Gasteiger partial charge in [0, 0.05) is 17.5 Å². The molecule has 0 aliphatic rings. The zero-order valence-corrected chi connectivity index (χ0v) is 18.4. The van der Waals surface area contributed by atoms with E-state index in [4.69, 9.17) is 0 Å². The molecule has 2 aromatic carbocycles. The van der Waals surface area contributed by atoms with E-state index in [0.29, 0.717) is 17.2 Å². The second-order valence-corrected chi connectivity index (χ2v) is 10.3. The zero-order chi connectivity index (χ0) is 21.7. The predicted octanol–water partition coefficient (Wildman–Crippen LogP) is 4.30. The van der Waals surface area contributed by atoms with E-state index in [1.807, 2.05) is 24.3 Å². The van der Waals surface area contributed by atoms with Gasteiger partial charge in [-0.15, -0.1) is 11.3 Å². The number of aromatic nitrogens is 1. The van der Waals surface area contributed by atoms with Gasteiger partial charge in [0.2, 0.25) is 5.91 Å². The molecule has 0 spiro atoms. The lowest BCUT2D eigenvalue weighted by Crippen LogP contribution is -2.30. The lowest BCUT2D eigenvalue weighted by atomic mass is 10.0. The number of rotatable bonds is 8.